The lowest BCUT2D eigenvalue weighted by atomic mass is 10.00. The molecule has 0 radical (unpaired) electrons. The van der Waals surface area contributed by atoms with Gasteiger partial charge in [-0.3, -0.25) is 9.59 Å². The molecular formula is C23H29ClN2O3S. The van der Waals surface area contributed by atoms with E-state index in [9.17, 15) is 9.59 Å². The number of hydrogen-bond donors (Lipinski definition) is 0. The predicted octanol–water partition coefficient (Wildman–Crippen LogP) is 4.80. The summed E-state index contributed by atoms with van der Waals surface area (Å²) in [6.07, 6.45) is 1.80. The molecular weight excluding hydrogens is 420 g/mol. The van der Waals surface area contributed by atoms with E-state index in [4.69, 9.17) is 16.3 Å². The standard InChI is InChI=1S/C23H29ClN2O3S/c1-4-16(2)13-25(17(3)27)14-23(28)26-11-9-22-20(10-12-30-22)21(26)15-29-19-7-5-18(24)6-8-19/h5-8,10,12,16,21H,4,9,11,13-15H2,1-3H3/t16-,21+/m1/s1. The third-order valence-corrected chi connectivity index (χ3v) is 6.89. The highest BCUT2D eigenvalue weighted by molar-refractivity contribution is 7.10. The van der Waals surface area contributed by atoms with Crippen LogP contribution in [0.5, 0.6) is 5.75 Å². The van der Waals surface area contributed by atoms with Crippen LogP contribution in [0.1, 0.15) is 43.7 Å². The smallest absolute Gasteiger partial charge is 0.242 e. The van der Waals surface area contributed by atoms with Gasteiger partial charge in [-0.2, -0.15) is 0 Å². The lowest BCUT2D eigenvalue weighted by Crippen LogP contribution is -2.48. The Kier molecular flexibility index (Phi) is 7.78. The fourth-order valence-corrected chi connectivity index (χ4v) is 4.70. The number of amides is 2. The largest absolute Gasteiger partial charge is 0.491 e. The molecule has 2 aromatic rings. The number of benzene rings is 1. The zero-order chi connectivity index (χ0) is 21.7. The van der Waals surface area contributed by atoms with Crippen LogP contribution in [0.15, 0.2) is 35.7 Å². The summed E-state index contributed by atoms with van der Waals surface area (Å²) in [4.78, 5) is 30.2. The van der Waals surface area contributed by atoms with E-state index >= 15 is 0 Å². The maximum atomic E-state index is 13.2. The first kappa shape index (κ1) is 22.6. The van der Waals surface area contributed by atoms with Crippen molar-refractivity contribution in [3.8, 4) is 5.75 Å². The highest BCUT2D eigenvalue weighted by atomic mass is 35.5. The molecule has 0 saturated heterocycles. The van der Waals surface area contributed by atoms with Crippen molar-refractivity contribution in [3.63, 3.8) is 0 Å². The summed E-state index contributed by atoms with van der Waals surface area (Å²) in [5, 5.41) is 2.72. The fourth-order valence-electron chi connectivity index (χ4n) is 3.64. The Hall–Kier alpha value is -2.05. The second kappa shape index (κ2) is 10.3. The second-order valence-corrected chi connectivity index (χ2v) is 9.27. The van der Waals surface area contributed by atoms with Crippen molar-refractivity contribution in [1.82, 2.24) is 9.80 Å². The zero-order valence-corrected chi connectivity index (χ0v) is 19.3. The molecule has 0 saturated carbocycles. The summed E-state index contributed by atoms with van der Waals surface area (Å²) in [7, 11) is 0. The first-order valence-corrected chi connectivity index (χ1v) is 11.6. The van der Waals surface area contributed by atoms with Gasteiger partial charge in [-0.25, -0.2) is 0 Å². The molecule has 0 unspecified atom stereocenters. The van der Waals surface area contributed by atoms with Gasteiger partial charge >= 0.3 is 0 Å². The molecule has 0 N–H and O–H groups in total. The molecule has 1 aromatic carbocycles. The molecule has 3 rings (SSSR count). The van der Waals surface area contributed by atoms with E-state index in [2.05, 4.69) is 25.3 Å². The maximum Gasteiger partial charge on any atom is 0.242 e. The van der Waals surface area contributed by atoms with Crippen LogP contribution in [0.2, 0.25) is 5.02 Å². The lowest BCUT2D eigenvalue weighted by molar-refractivity contribution is -0.142. The Morgan fingerprint density at radius 3 is 2.70 bits per heavy atom. The first-order chi connectivity index (χ1) is 14.4. The van der Waals surface area contributed by atoms with Crippen molar-refractivity contribution in [2.24, 2.45) is 5.92 Å². The van der Waals surface area contributed by atoms with E-state index < -0.39 is 0 Å². The summed E-state index contributed by atoms with van der Waals surface area (Å²) >= 11 is 7.68. The van der Waals surface area contributed by atoms with Gasteiger partial charge in [0.2, 0.25) is 11.8 Å². The number of fused-ring (bicyclic) bond motifs is 1. The number of ether oxygens (including phenoxy) is 1. The molecule has 1 aliphatic rings. The van der Waals surface area contributed by atoms with Crippen molar-refractivity contribution in [2.45, 2.75) is 39.7 Å². The molecule has 0 bridgehead atoms. The van der Waals surface area contributed by atoms with E-state index in [0.29, 0.717) is 30.6 Å². The Bertz CT molecular complexity index is 868. The number of carbonyl (C=O) groups is 2. The third-order valence-electron chi connectivity index (χ3n) is 5.64. The third kappa shape index (κ3) is 5.55. The molecule has 0 fully saturated rings. The van der Waals surface area contributed by atoms with Gasteiger partial charge in [0.15, 0.2) is 0 Å². The fraction of sp³-hybridized carbons (Fsp3) is 0.478. The molecule has 30 heavy (non-hydrogen) atoms. The van der Waals surface area contributed by atoms with Crippen LogP contribution < -0.4 is 4.74 Å². The topological polar surface area (TPSA) is 49.9 Å². The summed E-state index contributed by atoms with van der Waals surface area (Å²) < 4.78 is 6.01. The summed E-state index contributed by atoms with van der Waals surface area (Å²) in [5.74, 6) is 0.979. The normalized spacial score (nSPS) is 16.7. The van der Waals surface area contributed by atoms with Crippen LogP contribution in [0.3, 0.4) is 0 Å². The molecule has 0 aliphatic carbocycles. The van der Waals surface area contributed by atoms with Gasteiger partial charge in [-0.1, -0.05) is 31.9 Å². The lowest BCUT2D eigenvalue weighted by Gasteiger charge is -2.37. The van der Waals surface area contributed by atoms with E-state index in [-0.39, 0.29) is 24.4 Å². The molecule has 7 heteroatoms. The second-order valence-electron chi connectivity index (χ2n) is 7.83. The van der Waals surface area contributed by atoms with Crippen molar-refractivity contribution in [2.75, 3.05) is 26.2 Å². The number of rotatable bonds is 8. The van der Waals surface area contributed by atoms with Crippen LogP contribution in [-0.2, 0) is 16.0 Å². The van der Waals surface area contributed by atoms with E-state index in [0.717, 1.165) is 24.2 Å². The van der Waals surface area contributed by atoms with Crippen molar-refractivity contribution >= 4 is 34.8 Å². The van der Waals surface area contributed by atoms with Crippen LogP contribution in [0.25, 0.3) is 0 Å². The number of hydrogen-bond acceptors (Lipinski definition) is 4. The Morgan fingerprint density at radius 2 is 2.03 bits per heavy atom. The van der Waals surface area contributed by atoms with Gasteiger partial charge in [-0.15, -0.1) is 11.3 Å². The monoisotopic (exact) mass is 448 g/mol. The minimum atomic E-state index is -0.166. The highest BCUT2D eigenvalue weighted by Crippen LogP contribution is 2.34. The molecule has 2 amide bonds. The van der Waals surface area contributed by atoms with Gasteiger partial charge in [0, 0.05) is 29.9 Å². The molecule has 5 nitrogen and oxygen atoms in total. The molecule has 2 atom stereocenters. The SMILES string of the molecule is CC[C@@H](C)CN(CC(=O)N1CCc2sccc2[C@@H]1COc1ccc(Cl)cc1)C(C)=O. The summed E-state index contributed by atoms with van der Waals surface area (Å²) in [6, 6.07) is 9.15. The van der Waals surface area contributed by atoms with Gasteiger partial charge in [0.05, 0.1) is 12.6 Å². The number of thiophene rings is 1. The Labute approximate surface area is 187 Å². The van der Waals surface area contributed by atoms with Crippen molar-refractivity contribution in [3.05, 3.63) is 51.2 Å². The number of carbonyl (C=O) groups excluding carboxylic acids is 2. The number of nitrogens with zero attached hydrogens (tertiary/aromatic N) is 2. The van der Waals surface area contributed by atoms with Crippen LogP contribution >= 0.6 is 22.9 Å². The number of halogens is 1. The van der Waals surface area contributed by atoms with Crippen LogP contribution in [0, 0.1) is 5.92 Å². The van der Waals surface area contributed by atoms with Gasteiger partial charge in [-0.05, 0) is 53.6 Å². The predicted molar refractivity (Wildman–Crippen MR) is 121 cm³/mol. The molecule has 0 spiro atoms. The molecule has 1 aromatic heterocycles. The minimum Gasteiger partial charge on any atom is -0.491 e. The first-order valence-electron chi connectivity index (χ1n) is 10.4. The average Bonchev–Trinajstić information content (AvgIpc) is 3.21. The molecule has 2 heterocycles. The van der Waals surface area contributed by atoms with E-state index in [1.165, 1.54) is 11.8 Å². The summed E-state index contributed by atoms with van der Waals surface area (Å²) in [6.45, 7) is 7.43. The molecule has 162 valence electrons. The zero-order valence-electron chi connectivity index (χ0n) is 17.8. The Morgan fingerprint density at radius 1 is 1.30 bits per heavy atom. The van der Waals surface area contributed by atoms with Gasteiger partial charge in [0.25, 0.3) is 0 Å². The van der Waals surface area contributed by atoms with Crippen molar-refractivity contribution in [1.29, 1.82) is 0 Å². The quantitative estimate of drug-likeness (QED) is 0.582. The van der Waals surface area contributed by atoms with Gasteiger partial charge in [0.1, 0.15) is 12.4 Å². The minimum absolute atomic E-state index is 0.0324. The van der Waals surface area contributed by atoms with Crippen LogP contribution in [0.4, 0.5) is 0 Å². The van der Waals surface area contributed by atoms with E-state index in [1.807, 2.05) is 17.0 Å². The summed E-state index contributed by atoms with van der Waals surface area (Å²) in [5.41, 5.74) is 1.14. The Balaban J connectivity index is 1.74. The maximum absolute atomic E-state index is 13.2. The van der Waals surface area contributed by atoms with Crippen molar-refractivity contribution < 1.29 is 14.3 Å². The highest BCUT2D eigenvalue weighted by Gasteiger charge is 2.33. The van der Waals surface area contributed by atoms with E-state index in [1.54, 1.807) is 28.4 Å². The average molecular weight is 449 g/mol. The molecule has 1 aliphatic heterocycles. The van der Waals surface area contributed by atoms with Crippen LogP contribution in [-0.4, -0.2) is 47.9 Å². The van der Waals surface area contributed by atoms with Gasteiger partial charge < -0.3 is 14.5 Å².